The second kappa shape index (κ2) is 3.71. The number of fused-ring (bicyclic) bond motifs is 2. The van der Waals surface area contributed by atoms with Gasteiger partial charge in [-0.05, 0) is 55.5 Å². The molecule has 17 heavy (non-hydrogen) atoms. The lowest BCUT2D eigenvalue weighted by Crippen LogP contribution is -2.53. The Labute approximate surface area is 105 Å². The quantitative estimate of drug-likeness (QED) is 0.758. The highest BCUT2D eigenvalue weighted by Crippen LogP contribution is 2.66. The van der Waals surface area contributed by atoms with Crippen LogP contribution in [0.25, 0.3) is 0 Å². The summed E-state index contributed by atoms with van der Waals surface area (Å²) in [6, 6.07) is 0.427. The van der Waals surface area contributed by atoms with Crippen LogP contribution in [0, 0.1) is 16.7 Å². The van der Waals surface area contributed by atoms with E-state index in [0.717, 1.165) is 0 Å². The van der Waals surface area contributed by atoms with Crippen LogP contribution in [0.1, 0.15) is 52.9 Å². The zero-order valence-electron chi connectivity index (χ0n) is 11.6. The fraction of sp³-hybridized carbons (Fsp3) is 1.00. The van der Waals surface area contributed by atoms with Gasteiger partial charge in [-0.15, -0.1) is 0 Å². The third kappa shape index (κ3) is 1.40. The standard InChI is InChI=1S/C15H27NO/c1-14(2)11-7-8-15(14,3)13(12(11)17)16-9-5-4-6-10-16/h11-13,17H,4-10H2,1-3H3/t11?,12-,13+,15+/m0/s1. The summed E-state index contributed by atoms with van der Waals surface area (Å²) in [7, 11) is 0. The molecule has 3 aliphatic rings. The third-order valence-electron chi connectivity index (χ3n) is 6.55. The van der Waals surface area contributed by atoms with E-state index in [4.69, 9.17) is 0 Å². The van der Waals surface area contributed by atoms with Crippen molar-refractivity contribution in [2.45, 2.75) is 65.0 Å². The Kier molecular flexibility index (Phi) is 2.61. The number of aliphatic hydroxyl groups excluding tert-OH is 1. The minimum Gasteiger partial charge on any atom is -0.391 e. The van der Waals surface area contributed by atoms with Gasteiger partial charge in [0.25, 0.3) is 0 Å². The van der Waals surface area contributed by atoms with Crippen LogP contribution < -0.4 is 0 Å². The van der Waals surface area contributed by atoms with E-state index in [9.17, 15) is 5.11 Å². The van der Waals surface area contributed by atoms with Gasteiger partial charge < -0.3 is 5.11 Å². The molecule has 2 saturated carbocycles. The highest BCUT2D eigenvalue weighted by molar-refractivity contribution is 5.17. The SMILES string of the molecule is CC1(C)C2CC[C@]1(C)[C@H](N1CCCCC1)[C@H]2O. The van der Waals surface area contributed by atoms with Crippen LogP contribution in [0.2, 0.25) is 0 Å². The highest BCUT2D eigenvalue weighted by Gasteiger charge is 2.66. The molecular weight excluding hydrogens is 210 g/mol. The number of nitrogens with zero attached hydrogens (tertiary/aromatic N) is 1. The van der Waals surface area contributed by atoms with Gasteiger partial charge in [-0.1, -0.05) is 27.2 Å². The summed E-state index contributed by atoms with van der Waals surface area (Å²) in [5.41, 5.74) is 0.642. The first-order valence-electron chi connectivity index (χ1n) is 7.40. The molecule has 0 radical (unpaired) electrons. The average molecular weight is 237 g/mol. The lowest BCUT2D eigenvalue weighted by molar-refractivity contribution is -0.0256. The van der Waals surface area contributed by atoms with Gasteiger partial charge in [0.2, 0.25) is 0 Å². The molecule has 3 rings (SSSR count). The number of likely N-dealkylation sites (tertiary alicyclic amines) is 1. The molecule has 0 aromatic heterocycles. The summed E-state index contributed by atoms with van der Waals surface area (Å²) >= 11 is 0. The van der Waals surface area contributed by atoms with Crippen molar-refractivity contribution in [1.29, 1.82) is 0 Å². The Morgan fingerprint density at radius 1 is 1.06 bits per heavy atom. The number of piperidine rings is 1. The fourth-order valence-corrected chi connectivity index (χ4v) is 5.10. The van der Waals surface area contributed by atoms with E-state index < -0.39 is 0 Å². The molecule has 2 heteroatoms. The Morgan fingerprint density at radius 3 is 2.24 bits per heavy atom. The Balaban J connectivity index is 1.90. The second-order valence-electron chi connectivity index (χ2n) is 7.32. The molecule has 1 aliphatic heterocycles. The Morgan fingerprint density at radius 2 is 1.71 bits per heavy atom. The molecule has 0 aromatic rings. The van der Waals surface area contributed by atoms with Gasteiger partial charge in [0.05, 0.1) is 6.10 Å². The summed E-state index contributed by atoms with van der Waals surface area (Å²) in [6.45, 7) is 9.62. The van der Waals surface area contributed by atoms with Crippen molar-refractivity contribution in [3.63, 3.8) is 0 Å². The van der Waals surface area contributed by atoms with Crippen LogP contribution in [0.3, 0.4) is 0 Å². The zero-order valence-corrected chi connectivity index (χ0v) is 11.6. The van der Waals surface area contributed by atoms with Crippen molar-refractivity contribution in [1.82, 2.24) is 4.90 Å². The van der Waals surface area contributed by atoms with Crippen LogP contribution in [0.15, 0.2) is 0 Å². The van der Waals surface area contributed by atoms with Crippen molar-refractivity contribution >= 4 is 0 Å². The molecule has 3 fully saturated rings. The number of hydrogen-bond donors (Lipinski definition) is 1. The van der Waals surface area contributed by atoms with E-state index in [2.05, 4.69) is 25.7 Å². The van der Waals surface area contributed by atoms with E-state index >= 15 is 0 Å². The van der Waals surface area contributed by atoms with Crippen molar-refractivity contribution < 1.29 is 5.11 Å². The van der Waals surface area contributed by atoms with E-state index in [1.807, 2.05) is 0 Å². The summed E-state index contributed by atoms with van der Waals surface area (Å²) in [4.78, 5) is 2.61. The first-order chi connectivity index (χ1) is 7.98. The van der Waals surface area contributed by atoms with Gasteiger partial charge in [0.1, 0.15) is 0 Å². The molecule has 1 heterocycles. The molecule has 1 saturated heterocycles. The minimum absolute atomic E-state index is 0.0816. The topological polar surface area (TPSA) is 23.5 Å². The average Bonchev–Trinajstić information content (AvgIpc) is 2.60. The monoisotopic (exact) mass is 237 g/mol. The van der Waals surface area contributed by atoms with E-state index in [1.165, 1.54) is 45.2 Å². The molecule has 1 N–H and O–H groups in total. The van der Waals surface area contributed by atoms with Gasteiger partial charge in [-0.2, -0.15) is 0 Å². The molecular formula is C15H27NO. The summed E-state index contributed by atoms with van der Waals surface area (Å²) in [5.74, 6) is 0.527. The first kappa shape index (κ1) is 12.0. The maximum absolute atomic E-state index is 10.7. The van der Waals surface area contributed by atoms with Crippen molar-refractivity contribution in [3.8, 4) is 0 Å². The molecule has 0 amide bonds. The van der Waals surface area contributed by atoms with Crippen molar-refractivity contribution in [2.75, 3.05) is 13.1 Å². The van der Waals surface area contributed by atoms with Crippen LogP contribution >= 0.6 is 0 Å². The van der Waals surface area contributed by atoms with Crippen LogP contribution in [0.4, 0.5) is 0 Å². The maximum Gasteiger partial charge on any atom is 0.0734 e. The molecule has 0 aromatic carbocycles. The first-order valence-corrected chi connectivity index (χ1v) is 7.40. The number of aliphatic hydroxyl groups is 1. The summed E-state index contributed by atoms with van der Waals surface area (Å²) in [6.07, 6.45) is 6.48. The van der Waals surface area contributed by atoms with E-state index in [0.29, 0.717) is 22.8 Å². The molecule has 2 nitrogen and oxygen atoms in total. The van der Waals surface area contributed by atoms with Gasteiger partial charge >= 0.3 is 0 Å². The highest BCUT2D eigenvalue weighted by atomic mass is 16.3. The van der Waals surface area contributed by atoms with Crippen molar-refractivity contribution in [3.05, 3.63) is 0 Å². The fourth-order valence-electron chi connectivity index (χ4n) is 5.10. The van der Waals surface area contributed by atoms with E-state index in [1.54, 1.807) is 0 Å². The number of rotatable bonds is 1. The molecule has 4 atom stereocenters. The van der Waals surface area contributed by atoms with Crippen LogP contribution in [-0.4, -0.2) is 35.2 Å². The molecule has 98 valence electrons. The molecule has 2 aliphatic carbocycles. The molecule has 0 spiro atoms. The lowest BCUT2D eigenvalue weighted by Gasteiger charge is -2.46. The zero-order chi connectivity index (χ0) is 12.3. The smallest absolute Gasteiger partial charge is 0.0734 e. The van der Waals surface area contributed by atoms with Crippen LogP contribution in [-0.2, 0) is 0 Å². The minimum atomic E-state index is -0.0816. The lowest BCUT2D eigenvalue weighted by atomic mass is 9.68. The van der Waals surface area contributed by atoms with Gasteiger partial charge in [-0.25, -0.2) is 0 Å². The normalized spacial score (nSPS) is 49.8. The van der Waals surface area contributed by atoms with Crippen LogP contribution in [0.5, 0.6) is 0 Å². The molecule has 2 bridgehead atoms. The predicted molar refractivity (Wildman–Crippen MR) is 69.8 cm³/mol. The van der Waals surface area contributed by atoms with Gasteiger partial charge in [0, 0.05) is 6.04 Å². The summed E-state index contributed by atoms with van der Waals surface area (Å²) in [5, 5.41) is 10.7. The Hall–Kier alpha value is -0.0800. The second-order valence-corrected chi connectivity index (χ2v) is 7.32. The van der Waals surface area contributed by atoms with Gasteiger partial charge in [-0.3, -0.25) is 4.90 Å². The third-order valence-corrected chi connectivity index (χ3v) is 6.55. The maximum atomic E-state index is 10.7. The Bertz CT molecular complexity index is 308. The van der Waals surface area contributed by atoms with E-state index in [-0.39, 0.29) is 6.10 Å². The summed E-state index contributed by atoms with van der Waals surface area (Å²) < 4.78 is 0. The van der Waals surface area contributed by atoms with Gasteiger partial charge in [0.15, 0.2) is 0 Å². The largest absolute Gasteiger partial charge is 0.391 e. The number of hydrogen-bond acceptors (Lipinski definition) is 2. The van der Waals surface area contributed by atoms with Crippen molar-refractivity contribution in [2.24, 2.45) is 16.7 Å². The predicted octanol–water partition coefficient (Wildman–Crippen LogP) is 2.66. The molecule has 1 unspecified atom stereocenters.